The van der Waals surface area contributed by atoms with Crippen LogP contribution in [0.5, 0.6) is 23.0 Å². The van der Waals surface area contributed by atoms with Crippen LogP contribution in [0.3, 0.4) is 0 Å². The first-order chi connectivity index (χ1) is 27.4. The Bertz CT molecular complexity index is 1780. The van der Waals surface area contributed by atoms with E-state index in [0.29, 0.717) is 0 Å². The Morgan fingerprint density at radius 1 is 0.197 bits per heavy atom. The molecule has 1 radical (unpaired) electrons. The van der Waals surface area contributed by atoms with Gasteiger partial charge in [0.1, 0.15) is 0 Å². The molecule has 8 N–H and O–H groups in total. The minimum atomic E-state index is -2.70. The SMILES string of the molecule is OB(O)Oc1c(F)c(F)c(F)c(F)c1F.OB(O)Oc1c(F)c(F)c(F)c(F)c1F.OB(O)Oc1c(F)c(F)c(F)c(F)c1F.OB(O)Oc1c(F)c(F)c(F)c(F)c1F.[K]. The number of hydrogen-bond acceptors (Lipinski definition) is 12. The van der Waals surface area contributed by atoms with E-state index < -0.39 is 169 Å². The van der Waals surface area contributed by atoms with E-state index in [0.717, 1.165) is 0 Å². The fraction of sp³-hybridized carbons (Fsp3) is 0. The van der Waals surface area contributed by atoms with E-state index in [1.54, 1.807) is 0 Å². The van der Waals surface area contributed by atoms with Crippen LogP contribution in [-0.2, 0) is 0 Å². The van der Waals surface area contributed by atoms with Crippen molar-refractivity contribution >= 4 is 80.7 Å². The largest absolute Gasteiger partial charge is 0.707 e. The topological polar surface area (TPSA) is 199 Å². The van der Waals surface area contributed by atoms with E-state index in [1.807, 2.05) is 0 Å². The van der Waals surface area contributed by atoms with Crippen molar-refractivity contribution in [2.75, 3.05) is 0 Å². The maximum absolute atomic E-state index is 12.7. The average molecular weight is 951 g/mol. The maximum Gasteiger partial charge on any atom is 0.707 e. The number of hydrogen-bond donors (Lipinski definition) is 8. The Kier molecular flexibility index (Phi) is 22.7. The first kappa shape index (κ1) is 57.3. The molecule has 4 aromatic carbocycles. The fourth-order valence-corrected chi connectivity index (χ4v) is 3.17. The average Bonchev–Trinajstić information content (AvgIpc) is 3.18. The summed E-state index contributed by atoms with van der Waals surface area (Å²) in [6.07, 6.45) is 0. The maximum atomic E-state index is 12.7. The Balaban J connectivity index is 0.000000783. The Morgan fingerprint density at radius 3 is 0.361 bits per heavy atom. The van der Waals surface area contributed by atoms with Crippen molar-refractivity contribution in [1.82, 2.24) is 0 Å². The van der Waals surface area contributed by atoms with E-state index >= 15 is 0 Å². The van der Waals surface area contributed by atoms with E-state index in [1.165, 1.54) is 0 Å². The molecule has 0 aliphatic carbocycles. The molecule has 0 atom stereocenters. The minimum absolute atomic E-state index is 0. The molecule has 4 rings (SSSR count). The van der Waals surface area contributed by atoms with Crippen LogP contribution >= 0.6 is 0 Å². The summed E-state index contributed by atoms with van der Waals surface area (Å²) in [5, 5.41) is 65.3. The van der Waals surface area contributed by atoms with Crippen molar-refractivity contribution in [2.24, 2.45) is 0 Å². The van der Waals surface area contributed by atoms with Gasteiger partial charge in [-0.3, -0.25) is 0 Å². The van der Waals surface area contributed by atoms with Crippen LogP contribution in [0, 0.1) is 116 Å². The number of halogens is 20. The molecule has 61 heavy (non-hydrogen) atoms. The van der Waals surface area contributed by atoms with Gasteiger partial charge in [-0.05, 0) is 0 Å². The monoisotopic (exact) mass is 951 g/mol. The molecule has 0 fully saturated rings. The summed E-state index contributed by atoms with van der Waals surface area (Å²) in [7, 11) is -10.8. The molecule has 0 spiro atoms. The normalized spacial score (nSPS) is 10.2. The van der Waals surface area contributed by atoms with Crippen LogP contribution in [-0.4, -0.2) is 121 Å². The van der Waals surface area contributed by atoms with Gasteiger partial charge in [0.2, 0.25) is 116 Å². The van der Waals surface area contributed by atoms with E-state index in [9.17, 15) is 87.8 Å². The third-order valence-corrected chi connectivity index (χ3v) is 5.57. The molecule has 0 bridgehead atoms. The molecule has 0 saturated carbocycles. The van der Waals surface area contributed by atoms with Crippen molar-refractivity contribution in [3.8, 4) is 23.0 Å². The van der Waals surface area contributed by atoms with Gasteiger partial charge in [0.15, 0.2) is 23.0 Å². The van der Waals surface area contributed by atoms with Crippen LogP contribution in [0.15, 0.2) is 0 Å². The van der Waals surface area contributed by atoms with Gasteiger partial charge in [-0.1, -0.05) is 0 Å². The van der Waals surface area contributed by atoms with Gasteiger partial charge in [-0.15, -0.1) is 0 Å². The molecule has 4 aromatic rings. The van der Waals surface area contributed by atoms with Crippen molar-refractivity contribution < 1.29 is 147 Å². The zero-order valence-electron chi connectivity index (χ0n) is 28.1. The molecule has 37 heteroatoms. The standard InChI is InChI=1S/4C6H2BF5O3.K/c4*8-1-2(9)4(11)6(15-7(13)14)5(12)3(1)10;/h4*13-14H;. The summed E-state index contributed by atoms with van der Waals surface area (Å²) in [4.78, 5) is 0. The smallest absolute Gasteiger partial charge is 0.507 e. The summed E-state index contributed by atoms with van der Waals surface area (Å²) >= 11 is 0. The van der Waals surface area contributed by atoms with Crippen molar-refractivity contribution in [1.29, 1.82) is 0 Å². The van der Waals surface area contributed by atoms with E-state index in [-0.39, 0.29) is 51.4 Å². The molecule has 0 aliphatic heterocycles. The van der Waals surface area contributed by atoms with Gasteiger partial charge >= 0.3 is 29.3 Å². The van der Waals surface area contributed by atoms with Gasteiger partial charge < -0.3 is 58.8 Å². The van der Waals surface area contributed by atoms with Crippen molar-refractivity contribution in [2.45, 2.75) is 0 Å². The van der Waals surface area contributed by atoms with E-state index in [4.69, 9.17) is 40.2 Å². The zero-order chi connectivity index (χ0) is 47.0. The second-order valence-corrected chi connectivity index (χ2v) is 9.37. The molecule has 12 nitrogen and oxygen atoms in total. The number of rotatable bonds is 8. The summed E-state index contributed by atoms with van der Waals surface area (Å²) in [6, 6.07) is 0. The third-order valence-electron chi connectivity index (χ3n) is 5.57. The second kappa shape index (κ2) is 24.2. The summed E-state index contributed by atoms with van der Waals surface area (Å²) < 4.78 is 265. The molecular weight excluding hydrogens is 943 g/mol. The number of benzene rings is 4. The van der Waals surface area contributed by atoms with Gasteiger partial charge in [0, 0.05) is 51.4 Å². The van der Waals surface area contributed by atoms with Crippen molar-refractivity contribution in [3.05, 3.63) is 116 Å². The molecule has 329 valence electrons. The van der Waals surface area contributed by atoms with Gasteiger partial charge in [-0.2, -0.15) is 35.1 Å². The van der Waals surface area contributed by atoms with Gasteiger partial charge in [0.25, 0.3) is 0 Å². The molecule has 0 aliphatic rings. The fourth-order valence-electron chi connectivity index (χ4n) is 3.17. The van der Waals surface area contributed by atoms with E-state index in [2.05, 4.69) is 18.6 Å². The van der Waals surface area contributed by atoms with Crippen LogP contribution in [0.2, 0.25) is 0 Å². The van der Waals surface area contributed by atoms with Crippen LogP contribution in [0.1, 0.15) is 0 Å². The summed E-state index contributed by atoms with van der Waals surface area (Å²) in [6.45, 7) is 0. The Morgan fingerprint density at radius 2 is 0.279 bits per heavy atom. The predicted molar refractivity (Wildman–Crippen MR) is 154 cm³/mol. The van der Waals surface area contributed by atoms with Crippen LogP contribution < -0.4 is 18.6 Å². The molecule has 0 unspecified atom stereocenters. The van der Waals surface area contributed by atoms with Crippen LogP contribution in [0.4, 0.5) is 87.8 Å². The third kappa shape index (κ3) is 14.1. The molecule has 0 saturated heterocycles. The first-order valence-electron chi connectivity index (χ1n) is 13.6. The van der Waals surface area contributed by atoms with Crippen molar-refractivity contribution in [3.63, 3.8) is 0 Å². The van der Waals surface area contributed by atoms with Gasteiger partial charge in [0.05, 0.1) is 0 Å². The Labute approximate surface area is 364 Å². The first-order valence-corrected chi connectivity index (χ1v) is 13.6. The summed E-state index contributed by atoms with van der Waals surface area (Å²) in [5.41, 5.74) is 0. The molecular formula is C24H8B4F20KO12. The summed E-state index contributed by atoms with van der Waals surface area (Å²) in [5.74, 6) is -52.5. The molecule has 0 amide bonds. The van der Waals surface area contributed by atoms with Crippen LogP contribution in [0.25, 0.3) is 0 Å². The molecule has 0 heterocycles. The zero-order valence-corrected chi connectivity index (χ0v) is 31.2. The quantitative estimate of drug-likeness (QED) is 0.0558. The second-order valence-electron chi connectivity index (χ2n) is 9.37. The van der Waals surface area contributed by atoms with Gasteiger partial charge in [-0.25, -0.2) is 52.7 Å². The molecule has 0 aromatic heterocycles. The predicted octanol–water partition coefficient (Wildman–Crippen LogP) is 2.54. The Hall–Kier alpha value is -3.74. The minimum Gasteiger partial charge on any atom is -0.507 e.